The van der Waals surface area contributed by atoms with Crippen molar-refractivity contribution in [3.8, 4) is 5.75 Å². The zero-order valence-corrected chi connectivity index (χ0v) is 13.5. The van der Waals surface area contributed by atoms with Gasteiger partial charge in [0.15, 0.2) is 0 Å². The quantitative estimate of drug-likeness (QED) is 0.921. The second-order valence-electron chi connectivity index (χ2n) is 4.53. The van der Waals surface area contributed by atoms with E-state index in [0.29, 0.717) is 10.0 Å². The number of nitrogens with two attached hydrogens (primary N) is 1. The summed E-state index contributed by atoms with van der Waals surface area (Å²) in [5, 5.41) is 6.05. The number of halogens is 2. The minimum atomic E-state index is -3.85. The second kappa shape index (κ2) is 6.23. The lowest BCUT2D eigenvalue weighted by Gasteiger charge is -2.11. The predicted molar refractivity (Wildman–Crippen MR) is 83.3 cm³/mol. The molecule has 0 spiro atoms. The Bertz CT molecular complexity index is 776. The molecule has 0 atom stereocenters. The molecular formula is C14H13Cl2NO3S. The van der Waals surface area contributed by atoms with E-state index in [1.165, 1.54) is 6.07 Å². The normalized spacial score (nSPS) is 11.4. The highest BCUT2D eigenvalue weighted by Gasteiger charge is 2.15. The van der Waals surface area contributed by atoms with Crippen LogP contribution in [0.1, 0.15) is 11.1 Å². The van der Waals surface area contributed by atoms with Gasteiger partial charge in [0.25, 0.3) is 0 Å². The first-order chi connectivity index (χ1) is 9.77. The number of ether oxygens (including phenoxy) is 1. The highest BCUT2D eigenvalue weighted by molar-refractivity contribution is 7.89. The molecule has 0 unspecified atom stereocenters. The molecule has 0 aliphatic heterocycles. The van der Waals surface area contributed by atoms with E-state index < -0.39 is 10.0 Å². The third-order valence-electron chi connectivity index (χ3n) is 2.78. The van der Waals surface area contributed by atoms with Gasteiger partial charge in [0.2, 0.25) is 10.0 Å². The van der Waals surface area contributed by atoms with E-state index in [1.54, 1.807) is 37.3 Å². The number of benzene rings is 2. The van der Waals surface area contributed by atoms with Crippen molar-refractivity contribution in [1.29, 1.82) is 0 Å². The molecule has 2 rings (SSSR count). The highest BCUT2D eigenvalue weighted by Crippen LogP contribution is 2.26. The van der Waals surface area contributed by atoms with E-state index in [0.717, 1.165) is 11.1 Å². The molecule has 112 valence electrons. The first kappa shape index (κ1) is 16.1. The van der Waals surface area contributed by atoms with Crippen molar-refractivity contribution in [3.63, 3.8) is 0 Å². The predicted octanol–water partition coefficient (Wildman–Crippen LogP) is 3.53. The monoisotopic (exact) mass is 345 g/mol. The topological polar surface area (TPSA) is 69.4 Å². The molecular weight excluding hydrogens is 333 g/mol. The van der Waals surface area contributed by atoms with Gasteiger partial charge in [-0.1, -0.05) is 35.3 Å². The van der Waals surface area contributed by atoms with E-state index in [9.17, 15) is 8.42 Å². The van der Waals surface area contributed by atoms with Gasteiger partial charge in [-0.25, -0.2) is 13.6 Å². The summed E-state index contributed by atoms with van der Waals surface area (Å²) in [6, 6.07) is 9.86. The smallest absolute Gasteiger partial charge is 0.241 e. The fourth-order valence-corrected chi connectivity index (χ4v) is 2.83. The number of aryl methyl sites for hydroxylation is 1. The molecule has 0 amide bonds. The fourth-order valence-electron chi connectivity index (χ4n) is 1.75. The van der Waals surface area contributed by atoms with Crippen LogP contribution in [0.5, 0.6) is 5.75 Å². The van der Waals surface area contributed by atoms with Crippen molar-refractivity contribution >= 4 is 33.2 Å². The SMILES string of the molecule is Cc1ccc(OCc2ccc(Cl)c(Cl)c2)c(S(N)(=O)=O)c1. The molecule has 0 radical (unpaired) electrons. The molecule has 2 N–H and O–H groups in total. The Hall–Kier alpha value is -1.27. The number of hydrogen-bond acceptors (Lipinski definition) is 3. The summed E-state index contributed by atoms with van der Waals surface area (Å²) in [4.78, 5) is -0.0393. The summed E-state index contributed by atoms with van der Waals surface area (Å²) in [5.74, 6) is 0.203. The van der Waals surface area contributed by atoms with Gasteiger partial charge in [-0.05, 0) is 42.3 Å². The summed E-state index contributed by atoms with van der Waals surface area (Å²) in [6.07, 6.45) is 0. The van der Waals surface area contributed by atoms with Crippen LogP contribution in [0.15, 0.2) is 41.3 Å². The van der Waals surface area contributed by atoms with Gasteiger partial charge in [0.1, 0.15) is 17.3 Å². The van der Waals surface area contributed by atoms with Gasteiger partial charge in [-0.2, -0.15) is 0 Å². The van der Waals surface area contributed by atoms with Crippen LogP contribution < -0.4 is 9.88 Å². The van der Waals surface area contributed by atoms with E-state index in [-0.39, 0.29) is 17.3 Å². The maximum absolute atomic E-state index is 11.6. The van der Waals surface area contributed by atoms with Crippen LogP contribution in [0.25, 0.3) is 0 Å². The zero-order chi connectivity index (χ0) is 15.6. The largest absolute Gasteiger partial charge is 0.487 e. The number of rotatable bonds is 4. The molecule has 0 bridgehead atoms. The first-order valence-corrected chi connectivity index (χ1v) is 8.28. The Balaban J connectivity index is 2.26. The Labute approximate surface area is 133 Å². The van der Waals surface area contributed by atoms with Gasteiger partial charge in [0.05, 0.1) is 10.0 Å². The molecule has 0 saturated heterocycles. The molecule has 0 aliphatic carbocycles. The van der Waals surface area contributed by atoms with E-state index >= 15 is 0 Å². The number of hydrogen-bond donors (Lipinski definition) is 1. The number of sulfonamides is 1. The Morgan fingerprint density at radius 3 is 2.43 bits per heavy atom. The molecule has 0 fully saturated rings. The Kier molecular flexibility index (Phi) is 4.78. The molecule has 0 saturated carbocycles. The molecule has 2 aromatic rings. The Morgan fingerprint density at radius 1 is 1.10 bits per heavy atom. The average Bonchev–Trinajstić information content (AvgIpc) is 2.40. The molecule has 4 nitrogen and oxygen atoms in total. The van der Waals surface area contributed by atoms with Crippen LogP contribution in [-0.2, 0) is 16.6 Å². The first-order valence-electron chi connectivity index (χ1n) is 5.97. The molecule has 0 aliphatic rings. The fraction of sp³-hybridized carbons (Fsp3) is 0.143. The Morgan fingerprint density at radius 2 is 1.81 bits per heavy atom. The molecule has 21 heavy (non-hydrogen) atoms. The second-order valence-corrected chi connectivity index (χ2v) is 6.88. The molecule has 2 aromatic carbocycles. The summed E-state index contributed by atoms with van der Waals surface area (Å²) in [6.45, 7) is 1.93. The van der Waals surface area contributed by atoms with Crippen LogP contribution in [0.3, 0.4) is 0 Å². The van der Waals surface area contributed by atoms with Gasteiger partial charge >= 0.3 is 0 Å². The van der Waals surface area contributed by atoms with Crippen LogP contribution in [-0.4, -0.2) is 8.42 Å². The zero-order valence-electron chi connectivity index (χ0n) is 11.1. The third-order valence-corrected chi connectivity index (χ3v) is 4.46. The van der Waals surface area contributed by atoms with E-state index in [2.05, 4.69) is 0 Å². The van der Waals surface area contributed by atoms with E-state index in [1.807, 2.05) is 0 Å². The van der Waals surface area contributed by atoms with E-state index in [4.69, 9.17) is 33.1 Å². The van der Waals surface area contributed by atoms with Gasteiger partial charge in [0, 0.05) is 0 Å². The van der Waals surface area contributed by atoms with Crippen molar-refractivity contribution in [2.45, 2.75) is 18.4 Å². The lowest BCUT2D eigenvalue weighted by molar-refractivity contribution is 0.298. The minimum absolute atomic E-state index is 0.0393. The van der Waals surface area contributed by atoms with Crippen LogP contribution in [0.4, 0.5) is 0 Å². The van der Waals surface area contributed by atoms with Gasteiger partial charge in [-0.3, -0.25) is 0 Å². The van der Waals surface area contributed by atoms with Crippen LogP contribution in [0, 0.1) is 6.92 Å². The maximum Gasteiger partial charge on any atom is 0.241 e. The molecule has 7 heteroatoms. The van der Waals surface area contributed by atoms with Crippen molar-refractivity contribution in [3.05, 3.63) is 57.6 Å². The number of primary sulfonamides is 1. The standard InChI is InChI=1S/C14H13Cl2NO3S/c1-9-2-5-13(14(6-9)21(17,18)19)20-8-10-3-4-11(15)12(16)7-10/h2-7H,8H2,1H3,(H2,17,18,19). The van der Waals surface area contributed by atoms with Gasteiger partial charge in [-0.15, -0.1) is 0 Å². The highest BCUT2D eigenvalue weighted by atomic mass is 35.5. The van der Waals surface area contributed by atoms with Crippen LogP contribution in [0.2, 0.25) is 10.0 Å². The van der Waals surface area contributed by atoms with Crippen LogP contribution >= 0.6 is 23.2 Å². The lowest BCUT2D eigenvalue weighted by atomic mass is 10.2. The van der Waals surface area contributed by atoms with Crippen molar-refractivity contribution < 1.29 is 13.2 Å². The van der Waals surface area contributed by atoms with Gasteiger partial charge < -0.3 is 4.74 Å². The maximum atomic E-state index is 11.6. The summed E-state index contributed by atoms with van der Waals surface area (Å²) < 4.78 is 28.7. The van der Waals surface area contributed by atoms with Crippen molar-refractivity contribution in [2.24, 2.45) is 5.14 Å². The molecule has 0 heterocycles. The summed E-state index contributed by atoms with van der Waals surface area (Å²) in [7, 11) is -3.85. The lowest BCUT2D eigenvalue weighted by Crippen LogP contribution is -2.14. The minimum Gasteiger partial charge on any atom is -0.487 e. The van der Waals surface area contributed by atoms with Crippen molar-refractivity contribution in [2.75, 3.05) is 0 Å². The third kappa shape index (κ3) is 4.11. The average molecular weight is 346 g/mol. The molecule has 0 aromatic heterocycles. The van der Waals surface area contributed by atoms with Crippen molar-refractivity contribution in [1.82, 2.24) is 0 Å². The summed E-state index contributed by atoms with van der Waals surface area (Å²) >= 11 is 11.7. The summed E-state index contributed by atoms with van der Waals surface area (Å²) in [5.41, 5.74) is 1.55.